The Labute approximate surface area is 125 Å². The van der Waals surface area contributed by atoms with Gasteiger partial charge in [0, 0.05) is 24.7 Å². The first-order valence-corrected chi connectivity index (χ1v) is 7.33. The van der Waals surface area contributed by atoms with Crippen LogP contribution in [0.25, 0.3) is 0 Å². The van der Waals surface area contributed by atoms with Gasteiger partial charge in [-0.05, 0) is 30.9 Å². The zero-order valence-corrected chi connectivity index (χ0v) is 12.7. The molecule has 2 amide bonds. The Hall–Kier alpha value is -2.04. The third-order valence-electron chi connectivity index (χ3n) is 3.34. The van der Waals surface area contributed by atoms with E-state index >= 15 is 0 Å². The van der Waals surface area contributed by atoms with Gasteiger partial charge >= 0.3 is 0 Å². The van der Waals surface area contributed by atoms with E-state index in [1.54, 1.807) is 13.0 Å². The number of aryl methyl sites for hydroxylation is 1. The molecule has 1 aliphatic heterocycles. The molecular formula is C16H22N2O3. The fourth-order valence-electron chi connectivity index (χ4n) is 2.13. The molecule has 1 atom stereocenters. The van der Waals surface area contributed by atoms with Crippen molar-refractivity contribution in [2.24, 2.45) is 5.92 Å². The van der Waals surface area contributed by atoms with Gasteiger partial charge in [0.15, 0.2) is 6.10 Å². The maximum Gasteiger partial charge on any atom is 0.260 e. The van der Waals surface area contributed by atoms with E-state index in [2.05, 4.69) is 10.6 Å². The molecule has 21 heavy (non-hydrogen) atoms. The zero-order chi connectivity index (χ0) is 15.4. The smallest absolute Gasteiger partial charge is 0.260 e. The molecule has 1 unspecified atom stereocenters. The normalized spacial score (nSPS) is 15.1. The van der Waals surface area contributed by atoms with Gasteiger partial charge in [-0.15, -0.1) is 0 Å². The predicted molar refractivity (Wildman–Crippen MR) is 81.3 cm³/mol. The van der Waals surface area contributed by atoms with Crippen molar-refractivity contribution in [2.75, 3.05) is 11.9 Å². The van der Waals surface area contributed by atoms with Crippen LogP contribution in [0.3, 0.4) is 0 Å². The fraction of sp³-hybridized carbons (Fsp3) is 0.500. The number of anilines is 1. The molecule has 0 radical (unpaired) electrons. The van der Waals surface area contributed by atoms with E-state index in [0.717, 1.165) is 17.7 Å². The molecular weight excluding hydrogens is 268 g/mol. The number of hydrogen-bond donors (Lipinski definition) is 2. The Kier molecular flexibility index (Phi) is 4.83. The van der Waals surface area contributed by atoms with Gasteiger partial charge in [-0.1, -0.05) is 19.9 Å². The summed E-state index contributed by atoms with van der Waals surface area (Å²) in [4.78, 5) is 23.3. The maximum atomic E-state index is 11.9. The van der Waals surface area contributed by atoms with Gasteiger partial charge in [-0.3, -0.25) is 9.59 Å². The van der Waals surface area contributed by atoms with Crippen LogP contribution in [0.4, 0.5) is 5.69 Å². The number of nitrogens with one attached hydrogen (secondary N) is 2. The monoisotopic (exact) mass is 290 g/mol. The number of ether oxygens (including phenoxy) is 1. The SMILES string of the molecule is CC(C)CNC(=O)C(C)Oc1ccc2c(c1)NC(=O)CC2. The molecule has 1 aliphatic rings. The third-order valence-corrected chi connectivity index (χ3v) is 3.34. The summed E-state index contributed by atoms with van der Waals surface area (Å²) in [5.74, 6) is 0.871. The minimum absolute atomic E-state index is 0.0161. The summed E-state index contributed by atoms with van der Waals surface area (Å²) >= 11 is 0. The van der Waals surface area contributed by atoms with Crippen LogP contribution in [0.2, 0.25) is 0 Å². The van der Waals surface area contributed by atoms with Gasteiger partial charge in [0.25, 0.3) is 5.91 Å². The minimum atomic E-state index is -0.568. The molecule has 1 heterocycles. The second kappa shape index (κ2) is 6.61. The number of carbonyl (C=O) groups excluding carboxylic acids is 2. The molecule has 0 bridgehead atoms. The average molecular weight is 290 g/mol. The third kappa shape index (κ3) is 4.21. The molecule has 2 rings (SSSR count). The van der Waals surface area contributed by atoms with Crippen molar-refractivity contribution in [1.29, 1.82) is 0 Å². The first kappa shape index (κ1) is 15.4. The van der Waals surface area contributed by atoms with E-state index in [4.69, 9.17) is 4.74 Å². The summed E-state index contributed by atoms with van der Waals surface area (Å²) in [6.45, 7) is 6.43. The molecule has 2 N–H and O–H groups in total. The van der Waals surface area contributed by atoms with E-state index in [1.807, 2.05) is 26.0 Å². The zero-order valence-electron chi connectivity index (χ0n) is 12.7. The van der Waals surface area contributed by atoms with Crippen molar-refractivity contribution >= 4 is 17.5 Å². The summed E-state index contributed by atoms with van der Waals surface area (Å²) in [7, 11) is 0. The van der Waals surface area contributed by atoms with Crippen LogP contribution < -0.4 is 15.4 Å². The molecule has 0 aromatic heterocycles. The van der Waals surface area contributed by atoms with Crippen molar-refractivity contribution in [2.45, 2.75) is 39.7 Å². The number of carbonyl (C=O) groups is 2. The van der Waals surface area contributed by atoms with Crippen LogP contribution in [0.1, 0.15) is 32.8 Å². The molecule has 0 fully saturated rings. The predicted octanol–water partition coefficient (Wildman–Crippen LogP) is 2.11. The lowest BCUT2D eigenvalue weighted by atomic mass is 10.0. The molecule has 1 aromatic rings. The lowest BCUT2D eigenvalue weighted by Gasteiger charge is -2.20. The van der Waals surface area contributed by atoms with Crippen molar-refractivity contribution in [1.82, 2.24) is 5.32 Å². The number of benzene rings is 1. The first-order chi connectivity index (χ1) is 9.95. The van der Waals surface area contributed by atoms with Crippen molar-refractivity contribution in [3.05, 3.63) is 23.8 Å². The summed E-state index contributed by atoms with van der Waals surface area (Å²) in [5.41, 5.74) is 1.87. The highest BCUT2D eigenvalue weighted by Crippen LogP contribution is 2.27. The largest absolute Gasteiger partial charge is 0.481 e. The summed E-state index contributed by atoms with van der Waals surface area (Å²) in [6.07, 6.45) is 0.689. The Morgan fingerprint density at radius 2 is 2.10 bits per heavy atom. The second-order valence-electron chi connectivity index (χ2n) is 5.77. The quantitative estimate of drug-likeness (QED) is 0.872. The molecule has 0 saturated heterocycles. The average Bonchev–Trinajstić information content (AvgIpc) is 2.44. The molecule has 5 nitrogen and oxygen atoms in total. The van der Waals surface area contributed by atoms with Crippen LogP contribution in [0.5, 0.6) is 5.75 Å². The van der Waals surface area contributed by atoms with Crippen LogP contribution in [-0.4, -0.2) is 24.5 Å². The Balaban J connectivity index is 1.98. The van der Waals surface area contributed by atoms with E-state index < -0.39 is 6.10 Å². The molecule has 1 aromatic carbocycles. The molecule has 114 valence electrons. The lowest BCUT2D eigenvalue weighted by molar-refractivity contribution is -0.127. The van der Waals surface area contributed by atoms with E-state index in [9.17, 15) is 9.59 Å². The topological polar surface area (TPSA) is 67.4 Å². The van der Waals surface area contributed by atoms with Crippen molar-refractivity contribution < 1.29 is 14.3 Å². The minimum Gasteiger partial charge on any atom is -0.481 e. The van der Waals surface area contributed by atoms with E-state index in [1.165, 1.54) is 0 Å². The maximum absolute atomic E-state index is 11.9. The van der Waals surface area contributed by atoms with Crippen molar-refractivity contribution in [3.8, 4) is 5.75 Å². The number of fused-ring (bicyclic) bond motifs is 1. The molecule has 0 aliphatic carbocycles. The van der Waals surface area contributed by atoms with Gasteiger partial charge in [-0.25, -0.2) is 0 Å². The highest BCUT2D eigenvalue weighted by molar-refractivity contribution is 5.94. The van der Waals surface area contributed by atoms with E-state index in [0.29, 0.717) is 24.6 Å². The number of rotatable bonds is 5. The Morgan fingerprint density at radius 1 is 1.33 bits per heavy atom. The number of hydrogen-bond acceptors (Lipinski definition) is 3. The first-order valence-electron chi connectivity index (χ1n) is 7.33. The van der Waals surface area contributed by atoms with Crippen molar-refractivity contribution in [3.63, 3.8) is 0 Å². The van der Waals surface area contributed by atoms with Crippen LogP contribution in [-0.2, 0) is 16.0 Å². The van der Waals surface area contributed by atoms with Crippen LogP contribution >= 0.6 is 0 Å². The molecule has 0 saturated carbocycles. The van der Waals surface area contributed by atoms with Gasteiger partial charge in [-0.2, -0.15) is 0 Å². The van der Waals surface area contributed by atoms with Gasteiger partial charge in [0.2, 0.25) is 5.91 Å². The highest BCUT2D eigenvalue weighted by atomic mass is 16.5. The van der Waals surface area contributed by atoms with Crippen LogP contribution in [0, 0.1) is 5.92 Å². The molecule has 0 spiro atoms. The second-order valence-corrected chi connectivity index (χ2v) is 5.77. The summed E-state index contributed by atoms with van der Waals surface area (Å²) < 4.78 is 5.65. The van der Waals surface area contributed by atoms with Gasteiger partial charge in [0.1, 0.15) is 5.75 Å². The molecule has 5 heteroatoms. The summed E-state index contributed by atoms with van der Waals surface area (Å²) in [5, 5.41) is 5.66. The van der Waals surface area contributed by atoms with Crippen LogP contribution in [0.15, 0.2) is 18.2 Å². The Bertz CT molecular complexity index is 540. The Morgan fingerprint density at radius 3 is 2.81 bits per heavy atom. The van der Waals surface area contributed by atoms with Gasteiger partial charge in [0.05, 0.1) is 0 Å². The summed E-state index contributed by atoms with van der Waals surface area (Å²) in [6, 6.07) is 5.55. The lowest BCUT2D eigenvalue weighted by Crippen LogP contribution is -2.38. The number of amides is 2. The fourth-order valence-corrected chi connectivity index (χ4v) is 2.13. The van der Waals surface area contributed by atoms with Gasteiger partial charge < -0.3 is 15.4 Å². The van der Waals surface area contributed by atoms with E-state index in [-0.39, 0.29) is 11.8 Å². The highest BCUT2D eigenvalue weighted by Gasteiger charge is 2.18. The standard InChI is InChI=1S/C16H22N2O3/c1-10(2)9-17-16(20)11(3)21-13-6-4-12-5-7-15(19)18-14(12)8-13/h4,6,8,10-11H,5,7,9H2,1-3H3,(H,17,20)(H,18,19).